The molecule has 1 aliphatic rings. The van der Waals surface area contributed by atoms with Gasteiger partial charge in [-0.25, -0.2) is 8.42 Å². The van der Waals surface area contributed by atoms with Gasteiger partial charge in [0.2, 0.25) is 0 Å². The fraction of sp³-hybridized carbons (Fsp3) is 0.556. The summed E-state index contributed by atoms with van der Waals surface area (Å²) in [6, 6.07) is 1.36. The number of hydrogen-bond donors (Lipinski definition) is 2. The molecule has 2 rings (SSSR count). The molecule has 2 N–H and O–H groups in total. The van der Waals surface area contributed by atoms with Gasteiger partial charge >= 0.3 is 5.97 Å². The summed E-state index contributed by atoms with van der Waals surface area (Å²) in [5.74, 6) is -1.79. The molecule has 7 nitrogen and oxygen atoms in total. The number of aromatic nitrogens is 2. The molecule has 0 radical (unpaired) electrons. The smallest absolute Gasteiger partial charge is 0.308 e. The van der Waals surface area contributed by atoms with Crippen molar-refractivity contribution in [2.45, 2.75) is 11.9 Å². The highest BCUT2D eigenvalue weighted by atomic mass is 32.2. The lowest BCUT2D eigenvalue weighted by Crippen LogP contribution is -2.30. The maximum atomic E-state index is 12.1. The lowest BCUT2D eigenvalue weighted by Gasteiger charge is -2.13. The Hall–Kier alpha value is -1.41. The van der Waals surface area contributed by atoms with Crippen molar-refractivity contribution >= 4 is 16.0 Å². The minimum atomic E-state index is -3.64. The molecule has 0 aliphatic carbocycles. The monoisotopic (exact) mass is 259 g/mol. The number of aromatic amines is 1. The SMILES string of the molecule is CC1CN(S(=O)(=O)c2ccn[nH]2)CC1C(=O)O. The number of H-pyrrole nitrogens is 1. The molecule has 1 fully saturated rings. The first-order chi connectivity index (χ1) is 7.93. The third-order valence-corrected chi connectivity index (χ3v) is 4.75. The summed E-state index contributed by atoms with van der Waals surface area (Å²) >= 11 is 0. The molecule has 0 saturated carbocycles. The Labute approximate surface area is 98.5 Å². The Bertz CT molecular complexity index is 510. The first-order valence-electron chi connectivity index (χ1n) is 5.15. The topological polar surface area (TPSA) is 103 Å². The molecule has 2 heterocycles. The van der Waals surface area contributed by atoms with Crippen LogP contribution in [-0.4, -0.2) is 47.1 Å². The first kappa shape index (κ1) is 12.1. The number of aliphatic carboxylic acids is 1. The predicted octanol–water partition coefficient (Wildman–Crippen LogP) is -0.249. The van der Waals surface area contributed by atoms with Crippen LogP contribution in [0.3, 0.4) is 0 Å². The summed E-state index contributed by atoms with van der Waals surface area (Å²) in [6.07, 6.45) is 1.35. The number of rotatable bonds is 3. The average molecular weight is 259 g/mol. The highest BCUT2D eigenvalue weighted by Gasteiger charge is 2.41. The van der Waals surface area contributed by atoms with Gasteiger partial charge in [-0.1, -0.05) is 6.92 Å². The average Bonchev–Trinajstić information content (AvgIpc) is 2.84. The van der Waals surface area contributed by atoms with Crippen molar-refractivity contribution in [2.24, 2.45) is 11.8 Å². The van der Waals surface area contributed by atoms with Crippen LogP contribution in [0.5, 0.6) is 0 Å². The van der Waals surface area contributed by atoms with Crippen LogP contribution in [0.1, 0.15) is 6.92 Å². The van der Waals surface area contributed by atoms with Gasteiger partial charge in [-0.05, 0) is 12.0 Å². The standard InChI is InChI=1S/C9H13N3O4S/c1-6-4-12(5-7(6)9(13)14)17(15,16)8-2-3-10-11-8/h2-3,6-7H,4-5H2,1H3,(H,10,11)(H,13,14). The zero-order valence-corrected chi connectivity index (χ0v) is 10.0. The molecule has 8 heteroatoms. The van der Waals surface area contributed by atoms with Crippen molar-refractivity contribution in [3.05, 3.63) is 12.3 Å². The zero-order chi connectivity index (χ0) is 12.6. The van der Waals surface area contributed by atoms with E-state index in [2.05, 4.69) is 10.2 Å². The second-order valence-corrected chi connectivity index (χ2v) is 6.07. The van der Waals surface area contributed by atoms with Crippen LogP contribution in [0.4, 0.5) is 0 Å². The number of carbonyl (C=O) groups is 1. The molecular formula is C9H13N3O4S. The largest absolute Gasteiger partial charge is 0.481 e. The van der Waals surface area contributed by atoms with Crippen molar-refractivity contribution < 1.29 is 18.3 Å². The van der Waals surface area contributed by atoms with Gasteiger partial charge in [0, 0.05) is 13.1 Å². The molecule has 17 heavy (non-hydrogen) atoms. The summed E-state index contributed by atoms with van der Waals surface area (Å²) in [6.45, 7) is 1.97. The summed E-state index contributed by atoms with van der Waals surface area (Å²) in [7, 11) is -3.64. The summed E-state index contributed by atoms with van der Waals surface area (Å²) in [4.78, 5) is 10.9. The van der Waals surface area contributed by atoms with Gasteiger partial charge in [-0.2, -0.15) is 9.40 Å². The maximum Gasteiger partial charge on any atom is 0.308 e. The predicted molar refractivity (Wildman–Crippen MR) is 57.6 cm³/mol. The van der Waals surface area contributed by atoms with Crippen molar-refractivity contribution in [3.63, 3.8) is 0 Å². The Balaban J connectivity index is 2.24. The highest BCUT2D eigenvalue weighted by molar-refractivity contribution is 7.89. The molecule has 94 valence electrons. The van der Waals surface area contributed by atoms with E-state index in [4.69, 9.17) is 5.11 Å². The molecule has 0 amide bonds. The molecule has 0 spiro atoms. The number of carboxylic acid groups (broad SMARTS) is 1. The minimum absolute atomic E-state index is 0.00395. The van der Waals surface area contributed by atoms with Gasteiger partial charge in [0.05, 0.1) is 12.1 Å². The Kier molecular flexibility index (Phi) is 2.92. The summed E-state index contributed by atoms with van der Waals surface area (Å²) in [5.41, 5.74) is 0. The van der Waals surface area contributed by atoms with Crippen molar-refractivity contribution in [2.75, 3.05) is 13.1 Å². The molecule has 2 atom stereocenters. The third kappa shape index (κ3) is 2.05. The van der Waals surface area contributed by atoms with Crippen LogP contribution in [-0.2, 0) is 14.8 Å². The fourth-order valence-corrected chi connectivity index (χ4v) is 3.43. The Morgan fingerprint density at radius 3 is 2.76 bits per heavy atom. The molecule has 1 aliphatic heterocycles. The van der Waals surface area contributed by atoms with Gasteiger partial charge in [-0.3, -0.25) is 9.89 Å². The molecule has 1 aromatic heterocycles. The number of nitrogens with zero attached hydrogens (tertiary/aromatic N) is 2. The van der Waals surface area contributed by atoms with E-state index < -0.39 is 21.9 Å². The summed E-state index contributed by atoms with van der Waals surface area (Å²) in [5, 5.41) is 14.9. The molecule has 1 saturated heterocycles. The second kappa shape index (κ2) is 4.11. The van der Waals surface area contributed by atoms with Crippen molar-refractivity contribution in [3.8, 4) is 0 Å². The Morgan fingerprint density at radius 2 is 2.29 bits per heavy atom. The fourth-order valence-electron chi connectivity index (χ4n) is 1.97. The van der Waals surface area contributed by atoms with Crippen LogP contribution >= 0.6 is 0 Å². The Morgan fingerprint density at radius 1 is 1.59 bits per heavy atom. The third-order valence-electron chi connectivity index (χ3n) is 2.99. The highest BCUT2D eigenvalue weighted by Crippen LogP contribution is 2.27. The van der Waals surface area contributed by atoms with E-state index in [1.54, 1.807) is 6.92 Å². The maximum absolute atomic E-state index is 12.1. The van der Waals surface area contributed by atoms with Gasteiger partial charge in [0.15, 0.2) is 5.03 Å². The lowest BCUT2D eigenvalue weighted by atomic mass is 9.99. The van der Waals surface area contributed by atoms with Gasteiger partial charge in [0.1, 0.15) is 0 Å². The van der Waals surface area contributed by atoms with E-state index in [1.165, 1.54) is 16.6 Å². The molecule has 2 unspecified atom stereocenters. The molecule has 1 aromatic rings. The van der Waals surface area contributed by atoms with E-state index in [9.17, 15) is 13.2 Å². The van der Waals surface area contributed by atoms with Crippen LogP contribution in [0.2, 0.25) is 0 Å². The first-order valence-corrected chi connectivity index (χ1v) is 6.59. The summed E-state index contributed by atoms with van der Waals surface area (Å²) < 4.78 is 25.3. The number of sulfonamides is 1. The van der Waals surface area contributed by atoms with E-state index in [1.807, 2.05) is 0 Å². The number of nitrogens with one attached hydrogen (secondary N) is 1. The van der Waals surface area contributed by atoms with E-state index in [0.29, 0.717) is 0 Å². The van der Waals surface area contributed by atoms with E-state index in [0.717, 1.165) is 0 Å². The minimum Gasteiger partial charge on any atom is -0.481 e. The quantitative estimate of drug-likeness (QED) is 0.779. The second-order valence-electron chi connectivity index (χ2n) is 4.16. The van der Waals surface area contributed by atoms with Crippen molar-refractivity contribution in [1.82, 2.24) is 14.5 Å². The van der Waals surface area contributed by atoms with Crippen LogP contribution in [0.25, 0.3) is 0 Å². The van der Waals surface area contributed by atoms with E-state index >= 15 is 0 Å². The van der Waals surface area contributed by atoms with Crippen molar-refractivity contribution in [1.29, 1.82) is 0 Å². The number of carboxylic acids is 1. The zero-order valence-electron chi connectivity index (χ0n) is 9.20. The van der Waals surface area contributed by atoms with Gasteiger partial charge in [-0.15, -0.1) is 0 Å². The lowest BCUT2D eigenvalue weighted by molar-refractivity contribution is -0.142. The van der Waals surface area contributed by atoms with E-state index in [-0.39, 0.29) is 24.0 Å². The normalized spacial score (nSPS) is 26.2. The number of hydrogen-bond acceptors (Lipinski definition) is 4. The van der Waals surface area contributed by atoms with Gasteiger partial charge in [0.25, 0.3) is 10.0 Å². The van der Waals surface area contributed by atoms with Crippen LogP contribution < -0.4 is 0 Å². The molecular weight excluding hydrogens is 246 g/mol. The molecule has 0 aromatic carbocycles. The van der Waals surface area contributed by atoms with Crippen LogP contribution in [0, 0.1) is 11.8 Å². The molecule has 0 bridgehead atoms. The van der Waals surface area contributed by atoms with Gasteiger partial charge < -0.3 is 5.11 Å². The van der Waals surface area contributed by atoms with Crippen LogP contribution in [0.15, 0.2) is 17.3 Å².